The third-order valence-electron chi connectivity index (χ3n) is 4.01. The van der Waals surface area contributed by atoms with Gasteiger partial charge in [-0.1, -0.05) is 24.3 Å². The van der Waals surface area contributed by atoms with Crippen LogP contribution in [0.1, 0.15) is 25.3 Å². The zero-order valence-electron chi connectivity index (χ0n) is 14.5. The molecule has 2 rings (SSSR count). The van der Waals surface area contributed by atoms with E-state index in [-0.39, 0.29) is 24.2 Å². The summed E-state index contributed by atoms with van der Waals surface area (Å²) in [5, 5.41) is 2.86. The monoisotopic (exact) mass is 348 g/mol. The summed E-state index contributed by atoms with van der Waals surface area (Å²) in [6, 6.07) is 5.33. The van der Waals surface area contributed by atoms with Gasteiger partial charge in [0, 0.05) is 25.7 Å². The van der Waals surface area contributed by atoms with E-state index in [4.69, 9.17) is 0 Å². The molecule has 0 radical (unpaired) electrons. The molecule has 1 fully saturated rings. The topological polar surface area (TPSA) is 73.5 Å². The second-order valence-electron chi connectivity index (χ2n) is 6.46. The van der Waals surface area contributed by atoms with Crippen molar-refractivity contribution in [3.63, 3.8) is 0 Å². The van der Waals surface area contributed by atoms with E-state index in [0.29, 0.717) is 5.56 Å². The van der Waals surface area contributed by atoms with Crippen molar-refractivity contribution in [1.29, 1.82) is 0 Å². The second kappa shape index (κ2) is 9.17. The van der Waals surface area contributed by atoms with E-state index < -0.39 is 6.03 Å². The Morgan fingerprint density at radius 1 is 1.20 bits per heavy atom. The minimum Gasteiger partial charge on any atom is -0.334 e. The molecule has 1 saturated heterocycles. The van der Waals surface area contributed by atoms with Crippen LogP contribution in [-0.2, 0) is 11.2 Å². The average molecular weight is 348 g/mol. The fraction of sp³-hybridized carbons (Fsp3) is 0.444. The van der Waals surface area contributed by atoms with E-state index >= 15 is 0 Å². The van der Waals surface area contributed by atoms with E-state index in [1.54, 1.807) is 0 Å². The molecular formula is C18H25FN4O2. The Labute approximate surface area is 147 Å². The average Bonchev–Trinajstić information content (AvgIpc) is 2.56. The largest absolute Gasteiger partial charge is 0.334 e. The number of nitrogens with zero attached hydrogens (tertiary/aromatic N) is 1. The number of carbonyl (C=O) groups is 2. The van der Waals surface area contributed by atoms with E-state index in [2.05, 4.69) is 27.6 Å². The highest BCUT2D eigenvalue weighted by molar-refractivity contribution is 5.82. The summed E-state index contributed by atoms with van der Waals surface area (Å²) < 4.78 is 12.8. The number of hydrogen-bond donors (Lipinski definition) is 3. The Morgan fingerprint density at radius 3 is 2.44 bits per heavy atom. The molecule has 3 N–H and O–H groups in total. The molecule has 25 heavy (non-hydrogen) atoms. The molecule has 0 atom stereocenters. The molecule has 0 bridgehead atoms. The van der Waals surface area contributed by atoms with Gasteiger partial charge in [0.2, 0.25) is 5.91 Å². The van der Waals surface area contributed by atoms with Crippen LogP contribution < -0.4 is 16.2 Å². The van der Waals surface area contributed by atoms with Gasteiger partial charge in [-0.2, -0.15) is 0 Å². The number of carbonyl (C=O) groups excluding carboxylic acids is 2. The number of likely N-dealkylation sites (tertiary alicyclic amines) is 1. The van der Waals surface area contributed by atoms with Crippen molar-refractivity contribution in [1.82, 2.24) is 21.1 Å². The third kappa shape index (κ3) is 6.93. The number of amides is 3. The van der Waals surface area contributed by atoms with Crippen LogP contribution >= 0.6 is 0 Å². The lowest BCUT2D eigenvalue weighted by molar-refractivity contribution is -0.121. The Hall–Kier alpha value is -2.41. The fourth-order valence-corrected chi connectivity index (χ4v) is 2.80. The molecule has 1 aliphatic heterocycles. The smallest absolute Gasteiger partial charge is 0.333 e. The van der Waals surface area contributed by atoms with E-state index in [1.807, 2.05) is 6.92 Å². The van der Waals surface area contributed by atoms with Gasteiger partial charge < -0.3 is 5.32 Å². The van der Waals surface area contributed by atoms with Gasteiger partial charge in [-0.05, 0) is 37.5 Å². The molecule has 1 aromatic carbocycles. The molecule has 0 aromatic heterocycles. The molecule has 1 heterocycles. The maximum absolute atomic E-state index is 12.8. The van der Waals surface area contributed by atoms with Crippen molar-refractivity contribution >= 4 is 11.9 Å². The van der Waals surface area contributed by atoms with Gasteiger partial charge in [0.1, 0.15) is 5.82 Å². The number of nitrogens with one attached hydrogen (secondary N) is 3. The van der Waals surface area contributed by atoms with Gasteiger partial charge in [0.15, 0.2) is 0 Å². The molecule has 6 nitrogen and oxygen atoms in total. The highest BCUT2D eigenvalue weighted by Gasteiger charge is 2.20. The van der Waals surface area contributed by atoms with Crippen molar-refractivity contribution < 1.29 is 14.0 Å². The van der Waals surface area contributed by atoms with Gasteiger partial charge in [-0.15, -0.1) is 0 Å². The number of benzene rings is 1. The first-order chi connectivity index (χ1) is 11.9. The summed E-state index contributed by atoms with van der Waals surface area (Å²) in [5.41, 5.74) is 6.51. The lowest BCUT2D eigenvalue weighted by atomic mass is 10.0. The van der Waals surface area contributed by atoms with Gasteiger partial charge in [-0.25, -0.2) is 14.6 Å². The molecule has 0 unspecified atom stereocenters. The zero-order valence-corrected chi connectivity index (χ0v) is 14.5. The van der Waals surface area contributed by atoms with Crippen LogP contribution in [0.5, 0.6) is 0 Å². The molecule has 1 aromatic rings. The molecule has 0 aliphatic carbocycles. The summed E-state index contributed by atoms with van der Waals surface area (Å²) in [4.78, 5) is 25.9. The SMILES string of the molecule is C=C(C)CN1CCC(NC(=O)NNC(=O)Cc2ccc(F)cc2)CC1. The Kier molecular flexibility index (Phi) is 6.94. The fourth-order valence-electron chi connectivity index (χ4n) is 2.80. The van der Waals surface area contributed by atoms with Crippen LogP contribution in [0.4, 0.5) is 9.18 Å². The highest BCUT2D eigenvalue weighted by atomic mass is 19.1. The predicted octanol–water partition coefficient (Wildman–Crippen LogP) is 1.74. The molecular weight excluding hydrogens is 323 g/mol. The van der Waals surface area contributed by atoms with Crippen LogP contribution in [-0.4, -0.2) is 42.5 Å². The van der Waals surface area contributed by atoms with Crippen LogP contribution in [0.15, 0.2) is 36.4 Å². The standard InChI is InChI=1S/C18H25FN4O2/c1-13(2)12-23-9-7-16(8-10-23)20-18(25)22-21-17(24)11-14-3-5-15(19)6-4-14/h3-6,16H,1,7-12H2,2H3,(H,21,24)(H2,20,22,25). The van der Waals surface area contributed by atoms with Gasteiger partial charge in [0.05, 0.1) is 6.42 Å². The van der Waals surface area contributed by atoms with Crippen LogP contribution in [0.3, 0.4) is 0 Å². The highest BCUT2D eigenvalue weighted by Crippen LogP contribution is 2.11. The predicted molar refractivity (Wildman–Crippen MR) is 94.2 cm³/mol. The zero-order chi connectivity index (χ0) is 18.2. The summed E-state index contributed by atoms with van der Waals surface area (Å²) in [7, 11) is 0. The lowest BCUT2D eigenvalue weighted by Crippen LogP contribution is -2.52. The number of hydrazine groups is 1. The minimum atomic E-state index is -0.425. The van der Waals surface area contributed by atoms with E-state index in [1.165, 1.54) is 24.3 Å². The number of piperidine rings is 1. The Balaban J connectivity index is 1.64. The van der Waals surface area contributed by atoms with Crippen LogP contribution in [0.25, 0.3) is 0 Å². The summed E-state index contributed by atoms with van der Waals surface area (Å²) in [6.07, 6.45) is 1.80. The molecule has 7 heteroatoms. The second-order valence-corrected chi connectivity index (χ2v) is 6.46. The minimum absolute atomic E-state index is 0.0693. The van der Waals surface area contributed by atoms with E-state index in [0.717, 1.165) is 38.0 Å². The maximum atomic E-state index is 12.8. The first kappa shape index (κ1) is 18.9. The van der Waals surface area contributed by atoms with Crippen molar-refractivity contribution in [3.05, 3.63) is 47.8 Å². The number of halogens is 1. The third-order valence-corrected chi connectivity index (χ3v) is 4.01. The molecule has 136 valence electrons. The number of rotatable bonds is 5. The van der Waals surface area contributed by atoms with Crippen molar-refractivity contribution in [2.75, 3.05) is 19.6 Å². The van der Waals surface area contributed by atoms with Gasteiger partial charge >= 0.3 is 6.03 Å². The number of urea groups is 1. The Bertz CT molecular complexity index is 610. The lowest BCUT2D eigenvalue weighted by Gasteiger charge is -2.32. The van der Waals surface area contributed by atoms with Crippen molar-refractivity contribution in [3.8, 4) is 0 Å². The van der Waals surface area contributed by atoms with Crippen LogP contribution in [0.2, 0.25) is 0 Å². The van der Waals surface area contributed by atoms with Crippen LogP contribution in [0, 0.1) is 5.82 Å². The maximum Gasteiger partial charge on any atom is 0.333 e. The summed E-state index contributed by atoms with van der Waals surface area (Å²) >= 11 is 0. The Morgan fingerprint density at radius 2 is 1.84 bits per heavy atom. The van der Waals surface area contributed by atoms with Gasteiger partial charge in [0.25, 0.3) is 0 Å². The van der Waals surface area contributed by atoms with Crippen molar-refractivity contribution in [2.24, 2.45) is 0 Å². The normalized spacial score (nSPS) is 15.4. The quantitative estimate of drug-likeness (QED) is 0.561. The molecule has 3 amide bonds. The van der Waals surface area contributed by atoms with E-state index in [9.17, 15) is 14.0 Å². The number of hydrogen-bond acceptors (Lipinski definition) is 3. The van der Waals surface area contributed by atoms with Crippen molar-refractivity contribution in [2.45, 2.75) is 32.2 Å². The van der Waals surface area contributed by atoms with Gasteiger partial charge in [-0.3, -0.25) is 15.1 Å². The molecule has 0 spiro atoms. The molecule has 1 aliphatic rings. The molecule has 0 saturated carbocycles. The first-order valence-electron chi connectivity index (χ1n) is 8.39. The first-order valence-corrected chi connectivity index (χ1v) is 8.39. The summed E-state index contributed by atoms with van der Waals surface area (Å²) in [5.74, 6) is -0.714. The summed E-state index contributed by atoms with van der Waals surface area (Å²) in [6.45, 7) is 8.63.